The van der Waals surface area contributed by atoms with Gasteiger partial charge >= 0.3 is 0 Å². The molecule has 2 heteroatoms. The highest BCUT2D eigenvalue weighted by atomic mass is 15.1. The molecule has 0 aromatic rings. The van der Waals surface area contributed by atoms with Crippen molar-refractivity contribution in [3.8, 4) is 0 Å². The predicted octanol–water partition coefficient (Wildman–Crippen LogP) is 4.11. The molecule has 2 atom stereocenters. The number of nitrogens with zero attached hydrogens (tertiary/aromatic N) is 2. The molecule has 0 amide bonds. The first-order valence-electron chi connectivity index (χ1n) is 9.51. The monoisotopic (exact) mass is 294 g/mol. The zero-order valence-corrected chi connectivity index (χ0v) is 15.0. The zero-order valence-electron chi connectivity index (χ0n) is 15.0. The lowest BCUT2D eigenvalue weighted by Gasteiger charge is -2.36. The van der Waals surface area contributed by atoms with Gasteiger partial charge in [-0.15, -0.1) is 0 Å². The maximum Gasteiger partial charge on any atom is -0.00161 e. The van der Waals surface area contributed by atoms with E-state index in [1.807, 2.05) is 0 Å². The molecule has 2 unspecified atom stereocenters. The average Bonchev–Trinajstić information content (AvgIpc) is 2.53. The molecule has 0 bridgehead atoms. The molecule has 0 aliphatic carbocycles. The van der Waals surface area contributed by atoms with Crippen molar-refractivity contribution in [3.05, 3.63) is 0 Å². The van der Waals surface area contributed by atoms with Crippen LogP contribution in [0.15, 0.2) is 0 Å². The third-order valence-electron chi connectivity index (χ3n) is 6.53. The lowest BCUT2D eigenvalue weighted by molar-refractivity contribution is 0.138. The molecule has 21 heavy (non-hydrogen) atoms. The van der Waals surface area contributed by atoms with Gasteiger partial charge in [-0.2, -0.15) is 0 Å². The van der Waals surface area contributed by atoms with E-state index in [1.165, 1.54) is 71.2 Å². The Morgan fingerprint density at radius 3 is 1.67 bits per heavy atom. The Morgan fingerprint density at radius 1 is 0.810 bits per heavy atom. The van der Waals surface area contributed by atoms with Gasteiger partial charge in [0.05, 0.1) is 0 Å². The first-order chi connectivity index (χ1) is 10.1. The summed E-state index contributed by atoms with van der Waals surface area (Å²) in [6, 6.07) is 0. The van der Waals surface area contributed by atoms with Crippen molar-refractivity contribution in [1.29, 1.82) is 0 Å². The highest BCUT2D eigenvalue weighted by molar-refractivity contribution is 4.78. The van der Waals surface area contributed by atoms with E-state index in [4.69, 9.17) is 0 Å². The molecule has 0 spiro atoms. The molecule has 2 aliphatic rings. The highest BCUT2D eigenvalue weighted by Crippen LogP contribution is 2.32. The summed E-state index contributed by atoms with van der Waals surface area (Å²) in [5.41, 5.74) is 0. The summed E-state index contributed by atoms with van der Waals surface area (Å²) in [7, 11) is 2.27. The standard InChI is InChI=1S/C19H38N2/c1-5-21-14-10-19(11-15-21)17(3)7-6-16(2)18-8-12-20(4)13-9-18/h16-19H,5-15H2,1-4H3. The molecule has 2 saturated heterocycles. The molecule has 0 aromatic carbocycles. The summed E-state index contributed by atoms with van der Waals surface area (Å²) < 4.78 is 0. The molecular formula is C19H38N2. The van der Waals surface area contributed by atoms with Crippen LogP contribution in [-0.2, 0) is 0 Å². The summed E-state index contributed by atoms with van der Waals surface area (Å²) in [4.78, 5) is 5.11. The van der Waals surface area contributed by atoms with E-state index < -0.39 is 0 Å². The average molecular weight is 295 g/mol. The fourth-order valence-electron chi connectivity index (χ4n) is 4.43. The molecule has 2 rings (SSSR count). The minimum atomic E-state index is 0.942. The topological polar surface area (TPSA) is 6.48 Å². The molecule has 2 aliphatic heterocycles. The van der Waals surface area contributed by atoms with Crippen molar-refractivity contribution in [3.63, 3.8) is 0 Å². The van der Waals surface area contributed by atoms with E-state index in [-0.39, 0.29) is 0 Å². The van der Waals surface area contributed by atoms with E-state index in [2.05, 4.69) is 37.6 Å². The number of hydrogen-bond donors (Lipinski definition) is 0. The van der Waals surface area contributed by atoms with Crippen molar-refractivity contribution in [2.75, 3.05) is 39.8 Å². The van der Waals surface area contributed by atoms with Gasteiger partial charge in [-0.3, -0.25) is 0 Å². The zero-order chi connectivity index (χ0) is 15.2. The second-order valence-corrected chi connectivity index (χ2v) is 7.94. The van der Waals surface area contributed by atoms with Crippen LogP contribution in [0.3, 0.4) is 0 Å². The van der Waals surface area contributed by atoms with Gasteiger partial charge in [-0.1, -0.05) is 33.6 Å². The number of rotatable bonds is 6. The van der Waals surface area contributed by atoms with E-state index in [0.717, 1.165) is 23.7 Å². The largest absolute Gasteiger partial charge is 0.306 e. The van der Waals surface area contributed by atoms with Gasteiger partial charge < -0.3 is 9.80 Å². The van der Waals surface area contributed by atoms with Crippen molar-refractivity contribution in [1.82, 2.24) is 9.80 Å². The molecule has 2 fully saturated rings. The molecule has 0 saturated carbocycles. The minimum Gasteiger partial charge on any atom is -0.306 e. The first-order valence-corrected chi connectivity index (χ1v) is 9.51. The first kappa shape index (κ1) is 17.3. The van der Waals surface area contributed by atoms with Gasteiger partial charge in [-0.05, 0) is 89.1 Å². The number of likely N-dealkylation sites (tertiary alicyclic amines) is 2. The van der Waals surface area contributed by atoms with Gasteiger partial charge in [0.25, 0.3) is 0 Å². The summed E-state index contributed by atoms with van der Waals surface area (Å²) in [5, 5.41) is 0. The molecule has 2 heterocycles. The van der Waals surface area contributed by atoms with Crippen LogP contribution in [0.25, 0.3) is 0 Å². The smallest absolute Gasteiger partial charge is 0.00161 e. The van der Waals surface area contributed by atoms with Gasteiger partial charge in [0, 0.05) is 0 Å². The van der Waals surface area contributed by atoms with Crippen LogP contribution < -0.4 is 0 Å². The fraction of sp³-hybridized carbons (Fsp3) is 1.00. The SMILES string of the molecule is CCN1CCC(C(C)CCC(C)C2CCN(C)CC2)CC1. The molecule has 0 aromatic heterocycles. The Hall–Kier alpha value is -0.0800. The van der Waals surface area contributed by atoms with Crippen LogP contribution in [0.4, 0.5) is 0 Å². The van der Waals surface area contributed by atoms with Crippen LogP contribution in [0, 0.1) is 23.7 Å². The molecule has 2 nitrogen and oxygen atoms in total. The summed E-state index contributed by atoms with van der Waals surface area (Å²) in [5.74, 6) is 3.88. The van der Waals surface area contributed by atoms with E-state index in [1.54, 1.807) is 0 Å². The Bertz CT molecular complexity index is 275. The van der Waals surface area contributed by atoms with Crippen molar-refractivity contribution < 1.29 is 0 Å². The van der Waals surface area contributed by atoms with Crippen LogP contribution >= 0.6 is 0 Å². The maximum absolute atomic E-state index is 2.62. The number of hydrogen-bond acceptors (Lipinski definition) is 2. The van der Waals surface area contributed by atoms with Gasteiger partial charge in [-0.25, -0.2) is 0 Å². The summed E-state index contributed by atoms with van der Waals surface area (Å²) in [6.45, 7) is 13.9. The van der Waals surface area contributed by atoms with Crippen LogP contribution in [0.5, 0.6) is 0 Å². The Labute approximate surface area is 133 Å². The van der Waals surface area contributed by atoms with E-state index in [9.17, 15) is 0 Å². The Morgan fingerprint density at radius 2 is 1.24 bits per heavy atom. The second-order valence-electron chi connectivity index (χ2n) is 7.94. The summed E-state index contributed by atoms with van der Waals surface area (Å²) in [6.07, 6.45) is 8.67. The van der Waals surface area contributed by atoms with Crippen LogP contribution in [0.1, 0.15) is 59.3 Å². The van der Waals surface area contributed by atoms with Crippen LogP contribution in [0.2, 0.25) is 0 Å². The molecule has 0 radical (unpaired) electrons. The van der Waals surface area contributed by atoms with Crippen molar-refractivity contribution >= 4 is 0 Å². The number of piperidine rings is 2. The molecule has 124 valence electrons. The van der Waals surface area contributed by atoms with Crippen molar-refractivity contribution in [2.45, 2.75) is 59.3 Å². The van der Waals surface area contributed by atoms with Crippen LogP contribution in [-0.4, -0.2) is 49.6 Å². The van der Waals surface area contributed by atoms with Gasteiger partial charge in [0.1, 0.15) is 0 Å². The molecule has 0 N–H and O–H groups in total. The third-order valence-corrected chi connectivity index (χ3v) is 6.53. The van der Waals surface area contributed by atoms with Gasteiger partial charge in [0.2, 0.25) is 0 Å². The van der Waals surface area contributed by atoms with Crippen molar-refractivity contribution in [2.24, 2.45) is 23.7 Å². The second kappa shape index (κ2) is 8.53. The summed E-state index contributed by atoms with van der Waals surface area (Å²) >= 11 is 0. The maximum atomic E-state index is 2.62. The lowest BCUT2D eigenvalue weighted by atomic mass is 9.78. The third kappa shape index (κ3) is 5.25. The fourth-order valence-corrected chi connectivity index (χ4v) is 4.43. The van der Waals surface area contributed by atoms with E-state index in [0.29, 0.717) is 0 Å². The Kier molecular flexibility index (Phi) is 7.01. The quantitative estimate of drug-likeness (QED) is 0.727. The minimum absolute atomic E-state index is 0.942. The Balaban J connectivity index is 1.65. The normalized spacial score (nSPS) is 26.9. The molecular weight excluding hydrogens is 256 g/mol. The highest BCUT2D eigenvalue weighted by Gasteiger charge is 2.26. The lowest BCUT2D eigenvalue weighted by Crippen LogP contribution is -2.35. The van der Waals surface area contributed by atoms with E-state index >= 15 is 0 Å². The predicted molar refractivity (Wildman–Crippen MR) is 92.6 cm³/mol. The van der Waals surface area contributed by atoms with Gasteiger partial charge in [0.15, 0.2) is 0 Å².